The van der Waals surface area contributed by atoms with E-state index in [0.717, 1.165) is 25.5 Å². The SMILES string of the molecule is C=CC(=O)NC[C@H]1CN(Cc2ccccc2)c2ccnn2C1. The summed E-state index contributed by atoms with van der Waals surface area (Å²) in [6, 6.07) is 12.4. The molecule has 0 aliphatic carbocycles. The smallest absolute Gasteiger partial charge is 0.243 e. The molecule has 2 heterocycles. The second-order valence-corrected chi connectivity index (χ2v) is 5.55. The van der Waals surface area contributed by atoms with Gasteiger partial charge in [-0.3, -0.25) is 4.79 Å². The Morgan fingerprint density at radius 2 is 2.14 bits per heavy atom. The molecular weight excluding hydrogens is 276 g/mol. The van der Waals surface area contributed by atoms with E-state index in [1.54, 1.807) is 0 Å². The molecule has 5 nitrogen and oxygen atoms in total. The zero-order chi connectivity index (χ0) is 15.4. The third kappa shape index (κ3) is 3.19. The average molecular weight is 296 g/mol. The summed E-state index contributed by atoms with van der Waals surface area (Å²) >= 11 is 0. The van der Waals surface area contributed by atoms with E-state index < -0.39 is 0 Å². The molecule has 114 valence electrons. The molecule has 0 saturated heterocycles. The highest BCUT2D eigenvalue weighted by Crippen LogP contribution is 2.24. The van der Waals surface area contributed by atoms with Crippen LogP contribution in [-0.2, 0) is 17.9 Å². The molecule has 22 heavy (non-hydrogen) atoms. The van der Waals surface area contributed by atoms with Crippen LogP contribution in [0.3, 0.4) is 0 Å². The standard InChI is InChI=1S/C17H20N4O/c1-2-16(22)18-10-15-12-20(11-14-6-4-3-5-7-14)17-8-9-19-21(17)13-15/h2-9,15H,1,10-13H2,(H,18,22)/t15-/m0/s1. The first-order valence-corrected chi connectivity index (χ1v) is 7.47. The first-order chi connectivity index (χ1) is 10.8. The molecule has 0 saturated carbocycles. The van der Waals surface area contributed by atoms with Crippen LogP contribution < -0.4 is 10.2 Å². The van der Waals surface area contributed by atoms with Gasteiger partial charge in [0.1, 0.15) is 5.82 Å². The maximum atomic E-state index is 11.4. The van der Waals surface area contributed by atoms with Crippen molar-refractivity contribution in [3.63, 3.8) is 0 Å². The fourth-order valence-electron chi connectivity index (χ4n) is 2.84. The van der Waals surface area contributed by atoms with Gasteiger partial charge in [-0.2, -0.15) is 5.10 Å². The molecular formula is C17H20N4O. The van der Waals surface area contributed by atoms with Gasteiger partial charge in [0.2, 0.25) is 5.91 Å². The van der Waals surface area contributed by atoms with E-state index in [0.29, 0.717) is 12.5 Å². The Hall–Kier alpha value is -2.56. The second-order valence-electron chi connectivity index (χ2n) is 5.55. The Kier molecular flexibility index (Phi) is 4.23. The number of fused-ring (bicyclic) bond motifs is 1. The van der Waals surface area contributed by atoms with E-state index in [1.807, 2.05) is 23.0 Å². The van der Waals surface area contributed by atoms with Gasteiger partial charge in [-0.25, -0.2) is 4.68 Å². The van der Waals surface area contributed by atoms with Crippen molar-refractivity contribution in [1.29, 1.82) is 0 Å². The van der Waals surface area contributed by atoms with Crippen molar-refractivity contribution >= 4 is 11.7 Å². The normalized spacial score (nSPS) is 16.9. The third-order valence-corrected chi connectivity index (χ3v) is 3.89. The number of carbonyl (C=O) groups is 1. The van der Waals surface area contributed by atoms with E-state index in [-0.39, 0.29) is 5.91 Å². The number of hydrogen-bond acceptors (Lipinski definition) is 3. The minimum Gasteiger partial charge on any atom is -0.352 e. The van der Waals surface area contributed by atoms with E-state index >= 15 is 0 Å². The maximum Gasteiger partial charge on any atom is 0.243 e. The highest BCUT2D eigenvalue weighted by atomic mass is 16.1. The zero-order valence-electron chi connectivity index (χ0n) is 12.5. The van der Waals surface area contributed by atoms with Crippen molar-refractivity contribution in [3.8, 4) is 0 Å². The van der Waals surface area contributed by atoms with Crippen LogP contribution in [0.4, 0.5) is 5.82 Å². The number of rotatable bonds is 5. The first-order valence-electron chi connectivity index (χ1n) is 7.47. The molecule has 0 fully saturated rings. The highest BCUT2D eigenvalue weighted by molar-refractivity contribution is 5.86. The molecule has 0 spiro atoms. The predicted molar refractivity (Wildman–Crippen MR) is 86.4 cm³/mol. The fraction of sp³-hybridized carbons (Fsp3) is 0.294. The van der Waals surface area contributed by atoms with Crippen LogP contribution in [0.25, 0.3) is 0 Å². The lowest BCUT2D eigenvalue weighted by Gasteiger charge is -2.35. The summed E-state index contributed by atoms with van der Waals surface area (Å²) in [6.07, 6.45) is 3.14. The lowest BCUT2D eigenvalue weighted by molar-refractivity contribution is -0.116. The molecule has 3 rings (SSSR count). The van der Waals surface area contributed by atoms with Gasteiger partial charge in [0, 0.05) is 38.2 Å². The van der Waals surface area contributed by atoms with Crippen LogP contribution in [-0.4, -0.2) is 28.8 Å². The number of anilines is 1. The monoisotopic (exact) mass is 296 g/mol. The Bertz CT molecular complexity index is 650. The molecule has 1 N–H and O–H groups in total. The lowest BCUT2D eigenvalue weighted by Crippen LogP contribution is -2.43. The van der Waals surface area contributed by atoms with Crippen LogP contribution in [0.15, 0.2) is 55.3 Å². The number of nitrogens with one attached hydrogen (secondary N) is 1. The van der Waals surface area contributed by atoms with E-state index in [2.05, 4.69) is 46.2 Å². The van der Waals surface area contributed by atoms with E-state index in [9.17, 15) is 4.79 Å². The number of benzene rings is 1. The highest BCUT2D eigenvalue weighted by Gasteiger charge is 2.25. The Balaban J connectivity index is 1.72. The minimum absolute atomic E-state index is 0.124. The Labute approximate surface area is 130 Å². The van der Waals surface area contributed by atoms with Gasteiger partial charge in [0.05, 0.1) is 6.20 Å². The fourth-order valence-corrected chi connectivity index (χ4v) is 2.84. The van der Waals surface area contributed by atoms with E-state index in [4.69, 9.17) is 0 Å². The zero-order valence-corrected chi connectivity index (χ0v) is 12.5. The molecule has 1 aliphatic heterocycles. The van der Waals surface area contributed by atoms with Crippen molar-refractivity contribution < 1.29 is 4.79 Å². The Morgan fingerprint density at radius 1 is 1.32 bits per heavy atom. The summed E-state index contributed by atoms with van der Waals surface area (Å²) in [5.41, 5.74) is 1.27. The number of aromatic nitrogens is 2. The largest absolute Gasteiger partial charge is 0.352 e. The van der Waals surface area contributed by atoms with E-state index in [1.165, 1.54) is 11.6 Å². The van der Waals surface area contributed by atoms with Crippen molar-refractivity contribution in [2.75, 3.05) is 18.0 Å². The summed E-state index contributed by atoms with van der Waals surface area (Å²) < 4.78 is 2.01. The van der Waals surface area contributed by atoms with Crippen molar-refractivity contribution in [1.82, 2.24) is 15.1 Å². The van der Waals surface area contributed by atoms with Gasteiger partial charge in [0.15, 0.2) is 0 Å². The van der Waals surface area contributed by atoms with Crippen molar-refractivity contribution in [2.24, 2.45) is 5.92 Å². The van der Waals surface area contributed by atoms with Gasteiger partial charge in [0.25, 0.3) is 0 Å². The number of amides is 1. The molecule has 1 atom stereocenters. The maximum absolute atomic E-state index is 11.4. The van der Waals surface area contributed by atoms with Crippen LogP contribution in [0.2, 0.25) is 0 Å². The number of carbonyl (C=O) groups excluding carboxylic acids is 1. The first kappa shape index (κ1) is 14.4. The summed E-state index contributed by atoms with van der Waals surface area (Å²) in [7, 11) is 0. The minimum atomic E-state index is -0.124. The van der Waals surface area contributed by atoms with Gasteiger partial charge in [-0.15, -0.1) is 0 Å². The van der Waals surface area contributed by atoms with Gasteiger partial charge < -0.3 is 10.2 Å². The topological polar surface area (TPSA) is 50.2 Å². The summed E-state index contributed by atoms with van der Waals surface area (Å²) in [5.74, 6) is 1.34. The van der Waals surface area contributed by atoms with Gasteiger partial charge in [-0.1, -0.05) is 36.9 Å². The molecule has 1 amide bonds. The summed E-state index contributed by atoms with van der Waals surface area (Å²) in [5, 5.41) is 7.27. The molecule has 0 bridgehead atoms. The van der Waals surface area contributed by atoms with Gasteiger partial charge in [-0.05, 0) is 11.6 Å². The van der Waals surface area contributed by atoms with Gasteiger partial charge >= 0.3 is 0 Å². The third-order valence-electron chi connectivity index (χ3n) is 3.89. The lowest BCUT2D eigenvalue weighted by atomic mass is 10.1. The van der Waals surface area contributed by atoms with Crippen LogP contribution >= 0.6 is 0 Å². The molecule has 0 unspecified atom stereocenters. The molecule has 2 aromatic rings. The molecule has 1 aromatic heterocycles. The van der Waals surface area contributed by atoms with Crippen molar-refractivity contribution in [3.05, 3.63) is 60.8 Å². The molecule has 1 aliphatic rings. The number of nitrogens with zero attached hydrogens (tertiary/aromatic N) is 3. The van der Waals surface area contributed by atoms with Crippen molar-refractivity contribution in [2.45, 2.75) is 13.1 Å². The quantitative estimate of drug-likeness (QED) is 0.856. The van der Waals surface area contributed by atoms with Crippen LogP contribution in [0.1, 0.15) is 5.56 Å². The predicted octanol–water partition coefficient (Wildman–Crippen LogP) is 1.82. The number of hydrogen-bond donors (Lipinski definition) is 1. The van der Waals surface area contributed by atoms with Crippen LogP contribution in [0, 0.1) is 5.92 Å². The summed E-state index contributed by atoms with van der Waals surface area (Å²) in [4.78, 5) is 13.7. The average Bonchev–Trinajstić information content (AvgIpc) is 3.02. The molecule has 0 radical (unpaired) electrons. The van der Waals surface area contributed by atoms with Crippen LogP contribution in [0.5, 0.6) is 0 Å². The molecule has 5 heteroatoms. The second kappa shape index (κ2) is 6.47. The Morgan fingerprint density at radius 3 is 2.91 bits per heavy atom. The molecule has 1 aromatic carbocycles. The summed E-state index contributed by atoms with van der Waals surface area (Å²) in [6.45, 7) is 6.69.